The number of Topliss-reactive ketones (excluding diaryl/α,β-unsaturated/α-hetero) is 1. The van der Waals surface area contributed by atoms with Crippen LogP contribution >= 0.6 is 0 Å². The number of aliphatic hydroxyl groups excluding tert-OH is 1. The van der Waals surface area contributed by atoms with Crippen LogP contribution in [0.25, 0.3) is 0 Å². The zero-order valence-corrected chi connectivity index (χ0v) is 13.3. The van der Waals surface area contributed by atoms with Crippen LogP contribution in [0.2, 0.25) is 0 Å². The van der Waals surface area contributed by atoms with Gasteiger partial charge in [0.2, 0.25) is 0 Å². The van der Waals surface area contributed by atoms with Crippen LogP contribution in [-0.4, -0.2) is 24.6 Å². The molecule has 2 aromatic rings. The average Bonchev–Trinajstić information content (AvgIpc) is 2.52. The Morgan fingerprint density at radius 3 is 2.57 bits per heavy atom. The Morgan fingerprint density at radius 1 is 1.22 bits per heavy atom. The molecule has 0 fully saturated rings. The predicted molar refractivity (Wildman–Crippen MR) is 84.6 cm³/mol. The van der Waals surface area contributed by atoms with Crippen molar-refractivity contribution in [3.8, 4) is 11.5 Å². The largest absolute Gasteiger partial charge is 0.493 e. The first-order valence-corrected chi connectivity index (χ1v) is 7.18. The lowest BCUT2D eigenvalue weighted by Gasteiger charge is -2.16. The Bertz CT molecular complexity index is 712. The van der Waals surface area contributed by atoms with Crippen LogP contribution in [0.1, 0.15) is 34.5 Å². The minimum Gasteiger partial charge on any atom is -0.493 e. The van der Waals surface area contributed by atoms with Crippen molar-refractivity contribution in [3.63, 3.8) is 0 Å². The highest BCUT2D eigenvalue weighted by Gasteiger charge is 2.14. The van der Waals surface area contributed by atoms with E-state index in [2.05, 4.69) is 0 Å². The van der Waals surface area contributed by atoms with Gasteiger partial charge in [0.1, 0.15) is 18.5 Å². The minimum absolute atomic E-state index is 0.0117. The smallest absolute Gasteiger partial charge is 0.161 e. The number of benzene rings is 2. The van der Waals surface area contributed by atoms with Gasteiger partial charge in [-0.2, -0.15) is 0 Å². The van der Waals surface area contributed by atoms with Crippen molar-refractivity contribution >= 4 is 5.78 Å². The quantitative estimate of drug-likeness (QED) is 0.829. The molecule has 4 nitrogen and oxygen atoms in total. The molecule has 23 heavy (non-hydrogen) atoms. The van der Waals surface area contributed by atoms with E-state index >= 15 is 0 Å². The van der Waals surface area contributed by atoms with Crippen molar-refractivity contribution < 1.29 is 23.8 Å². The van der Waals surface area contributed by atoms with E-state index in [1.807, 2.05) is 0 Å². The second-order valence-corrected chi connectivity index (χ2v) is 5.25. The van der Waals surface area contributed by atoms with Crippen LogP contribution in [-0.2, 0) is 0 Å². The molecule has 0 aromatic heterocycles. The highest BCUT2D eigenvalue weighted by atomic mass is 19.1. The van der Waals surface area contributed by atoms with Crippen molar-refractivity contribution in [2.45, 2.75) is 20.0 Å². The molecule has 0 amide bonds. The molecule has 0 saturated carbocycles. The maximum absolute atomic E-state index is 13.1. The van der Waals surface area contributed by atoms with Crippen LogP contribution in [0.5, 0.6) is 11.5 Å². The fourth-order valence-electron chi connectivity index (χ4n) is 2.28. The van der Waals surface area contributed by atoms with Gasteiger partial charge in [-0.15, -0.1) is 0 Å². The molecule has 0 unspecified atom stereocenters. The van der Waals surface area contributed by atoms with Gasteiger partial charge >= 0.3 is 0 Å². The van der Waals surface area contributed by atoms with Crippen molar-refractivity contribution in [2.75, 3.05) is 13.7 Å². The number of rotatable bonds is 6. The Balaban J connectivity index is 2.12. The van der Waals surface area contributed by atoms with Gasteiger partial charge < -0.3 is 14.6 Å². The van der Waals surface area contributed by atoms with Crippen molar-refractivity contribution in [3.05, 3.63) is 58.9 Å². The Hall–Kier alpha value is -2.40. The maximum Gasteiger partial charge on any atom is 0.161 e. The maximum atomic E-state index is 13.1. The molecule has 122 valence electrons. The van der Waals surface area contributed by atoms with Crippen LogP contribution in [0.15, 0.2) is 36.4 Å². The summed E-state index contributed by atoms with van der Waals surface area (Å²) >= 11 is 0. The average molecular weight is 318 g/mol. The third-order valence-corrected chi connectivity index (χ3v) is 3.56. The standard InChI is InChI=1S/C18H19FO4/c1-11-8-14(19)5-6-15(11)16(21)10-23-17-7-4-13(12(2)20)9-18(17)22-3/h4-9,16,21H,10H2,1-3H3/t16-/m0/s1. The van der Waals surface area contributed by atoms with Gasteiger partial charge in [-0.25, -0.2) is 4.39 Å². The van der Waals surface area contributed by atoms with E-state index in [1.165, 1.54) is 32.2 Å². The van der Waals surface area contributed by atoms with E-state index in [9.17, 15) is 14.3 Å². The van der Waals surface area contributed by atoms with Gasteiger partial charge in [-0.1, -0.05) is 6.07 Å². The van der Waals surface area contributed by atoms with E-state index in [1.54, 1.807) is 25.1 Å². The molecule has 0 radical (unpaired) electrons. The van der Waals surface area contributed by atoms with E-state index in [4.69, 9.17) is 9.47 Å². The topological polar surface area (TPSA) is 55.8 Å². The summed E-state index contributed by atoms with van der Waals surface area (Å²) in [4.78, 5) is 11.4. The number of ether oxygens (including phenoxy) is 2. The monoisotopic (exact) mass is 318 g/mol. The molecule has 0 bridgehead atoms. The summed E-state index contributed by atoms with van der Waals surface area (Å²) in [5.41, 5.74) is 1.77. The van der Waals surface area contributed by atoms with E-state index in [0.717, 1.165) is 0 Å². The van der Waals surface area contributed by atoms with Crippen LogP contribution in [0, 0.1) is 12.7 Å². The molecule has 0 aliphatic heterocycles. The number of aliphatic hydroxyl groups is 1. The van der Waals surface area contributed by atoms with E-state index in [-0.39, 0.29) is 18.2 Å². The molecule has 2 aromatic carbocycles. The zero-order chi connectivity index (χ0) is 17.0. The van der Waals surface area contributed by atoms with Crippen LogP contribution in [0.3, 0.4) is 0 Å². The molecular weight excluding hydrogens is 299 g/mol. The first-order chi connectivity index (χ1) is 10.9. The normalized spacial score (nSPS) is 11.9. The molecule has 0 aliphatic rings. The van der Waals surface area contributed by atoms with Gasteiger partial charge in [0.05, 0.1) is 7.11 Å². The summed E-state index contributed by atoms with van der Waals surface area (Å²) in [5, 5.41) is 10.2. The molecule has 0 saturated heterocycles. The number of carbonyl (C=O) groups excluding carboxylic acids is 1. The zero-order valence-electron chi connectivity index (χ0n) is 13.3. The molecule has 0 aliphatic carbocycles. The number of halogens is 1. The molecule has 1 atom stereocenters. The highest BCUT2D eigenvalue weighted by Crippen LogP contribution is 2.29. The second kappa shape index (κ2) is 7.24. The number of carbonyl (C=O) groups is 1. The third-order valence-electron chi connectivity index (χ3n) is 3.56. The number of hydrogen-bond donors (Lipinski definition) is 1. The first kappa shape index (κ1) is 17.0. The summed E-state index contributed by atoms with van der Waals surface area (Å²) in [7, 11) is 1.48. The summed E-state index contributed by atoms with van der Waals surface area (Å²) < 4.78 is 23.9. The Morgan fingerprint density at radius 2 is 1.96 bits per heavy atom. The van der Waals surface area contributed by atoms with Gasteiger partial charge in [-0.3, -0.25) is 4.79 Å². The molecule has 5 heteroatoms. The summed E-state index contributed by atoms with van der Waals surface area (Å²) in [5.74, 6) is 0.426. The van der Waals surface area contributed by atoms with E-state index in [0.29, 0.717) is 28.2 Å². The number of ketones is 1. The van der Waals surface area contributed by atoms with Gasteiger partial charge in [0.25, 0.3) is 0 Å². The lowest BCUT2D eigenvalue weighted by Crippen LogP contribution is -2.11. The predicted octanol–water partition coefficient (Wildman–Crippen LogP) is 3.46. The lowest BCUT2D eigenvalue weighted by atomic mass is 10.0. The summed E-state index contributed by atoms with van der Waals surface area (Å²) in [6, 6.07) is 9.05. The van der Waals surface area contributed by atoms with Crippen molar-refractivity contribution in [1.82, 2.24) is 0 Å². The van der Waals surface area contributed by atoms with Crippen LogP contribution < -0.4 is 9.47 Å². The Kier molecular flexibility index (Phi) is 5.34. The fourth-order valence-corrected chi connectivity index (χ4v) is 2.28. The summed E-state index contributed by atoms with van der Waals surface area (Å²) in [6.45, 7) is 3.18. The summed E-state index contributed by atoms with van der Waals surface area (Å²) in [6.07, 6.45) is -0.896. The van der Waals surface area contributed by atoms with Gasteiger partial charge in [0.15, 0.2) is 17.3 Å². The minimum atomic E-state index is -0.896. The molecular formula is C18H19FO4. The van der Waals surface area contributed by atoms with Gasteiger partial charge in [0, 0.05) is 5.56 Å². The van der Waals surface area contributed by atoms with E-state index < -0.39 is 6.10 Å². The molecule has 0 heterocycles. The SMILES string of the molecule is COc1cc(C(C)=O)ccc1OC[C@H](O)c1ccc(F)cc1C. The molecule has 2 rings (SSSR count). The van der Waals surface area contributed by atoms with Crippen molar-refractivity contribution in [1.29, 1.82) is 0 Å². The first-order valence-electron chi connectivity index (χ1n) is 7.18. The molecule has 1 N–H and O–H groups in total. The fraction of sp³-hybridized carbons (Fsp3) is 0.278. The van der Waals surface area contributed by atoms with Crippen molar-refractivity contribution in [2.24, 2.45) is 0 Å². The lowest BCUT2D eigenvalue weighted by molar-refractivity contribution is 0.101. The van der Waals surface area contributed by atoms with Gasteiger partial charge in [-0.05, 0) is 55.3 Å². The number of hydrogen-bond acceptors (Lipinski definition) is 4. The number of aryl methyl sites for hydroxylation is 1. The Labute approximate surface area is 134 Å². The third kappa shape index (κ3) is 4.07. The van der Waals surface area contributed by atoms with Crippen LogP contribution in [0.4, 0.5) is 4.39 Å². The number of methoxy groups -OCH3 is 1. The second-order valence-electron chi connectivity index (χ2n) is 5.25. The highest BCUT2D eigenvalue weighted by molar-refractivity contribution is 5.94. The molecule has 0 spiro atoms.